The maximum atomic E-state index is 13.0. The summed E-state index contributed by atoms with van der Waals surface area (Å²) in [5.41, 5.74) is 0.0190. The minimum atomic E-state index is -4.19. The largest absolute Gasteiger partial charge is 0.377 e. The topological polar surface area (TPSA) is 110 Å². The molecule has 178 valence electrons. The van der Waals surface area contributed by atoms with Crippen LogP contribution in [0.4, 0.5) is 10.5 Å². The first kappa shape index (κ1) is 24.7. The van der Waals surface area contributed by atoms with Gasteiger partial charge in [0, 0.05) is 5.02 Å². The molecule has 1 aliphatic rings. The average Bonchev–Trinajstić information content (AvgIpc) is 2.80. The summed E-state index contributed by atoms with van der Waals surface area (Å²) in [6.07, 6.45) is 1.21. The molecule has 35 heavy (non-hydrogen) atoms. The summed E-state index contributed by atoms with van der Waals surface area (Å²) in [4.78, 5) is 38.3. The van der Waals surface area contributed by atoms with Gasteiger partial charge in [-0.05, 0) is 60.2 Å². The molecule has 0 aromatic heterocycles. The van der Waals surface area contributed by atoms with Crippen LogP contribution in [0.5, 0.6) is 5.75 Å². The number of benzene rings is 3. The predicted molar refractivity (Wildman–Crippen MR) is 131 cm³/mol. The fourth-order valence-electron chi connectivity index (χ4n) is 3.12. The van der Waals surface area contributed by atoms with E-state index in [-0.39, 0.29) is 37.5 Å². The minimum absolute atomic E-state index is 0.0976. The first-order valence-electron chi connectivity index (χ1n) is 9.72. The van der Waals surface area contributed by atoms with E-state index in [0.717, 1.165) is 4.90 Å². The Balaban J connectivity index is 1.63. The van der Waals surface area contributed by atoms with Gasteiger partial charge in [0.2, 0.25) is 0 Å². The number of hydrogen-bond acceptors (Lipinski definition) is 6. The molecule has 8 nitrogen and oxygen atoms in total. The second kappa shape index (κ2) is 9.71. The zero-order chi connectivity index (χ0) is 25.3. The molecule has 1 saturated heterocycles. The van der Waals surface area contributed by atoms with Gasteiger partial charge in [0.15, 0.2) is 5.75 Å². The van der Waals surface area contributed by atoms with Crippen LogP contribution in [-0.2, 0) is 19.7 Å². The fourth-order valence-corrected chi connectivity index (χ4v) is 4.68. The van der Waals surface area contributed by atoms with Crippen molar-refractivity contribution in [1.82, 2.24) is 5.32 Å². The summed E-state index contributed by atoms with van der Waals surface area (Å²) in [6, 6.07) is 14.5. The van der Waals surface area contributed by atoms with Crippen LogP contribution in [0.15, 0.2) is 77.2 Å². The standard InChI is InChI=1S/C23H13Cl3N2O6S/c24-14-6-8-15(9-7-14)35(32,33)34-20-10-5-13(12-18(20)26)11-16-21(29)27-23(31)28(22(16)30)19-4-2-1-3-17(19)25/h1-12H,(H,27,29,31)/b16-11+. The normalized spacial score (nSPS) is 15.3. The Hall–Kier alpha value is -3.37. The second-order valence-electron chi connectivity index (χ2n) is 7.09. The van der Waals surface area contributed by atoms with E-state index >= 15 is 0 Å². The molecule has 0 saturated carbocycles. The summed E-state index contributed by atoms with van der Waals surface area (Å²) in [5, 5.41) is 2.48. The molecule has 0 unspecified atom stereocenters. The molecule has 1 fully saturated rings. The number of carbonyl (C=O) groups is 3. The van der Waals surface area contributed by atoms with Crippen LogP contribution in [0.25, 0.3) is 6.08 Å². The van der Waals surface area contributed by atoms with Gasteiger partial charge in [-0.3, -0.25) is 14.9 Å². The van der Waals surface area contributed by atoms with Crippen molar-refractivity contribution in [2.75, 3.05) is 4.90 Å². The second-order valence-corrected chi connectivity index (χ2v) is 9.89. The number of halogens is 3. The monoisotopic (exact) mass is 550 g/mol. The molecule has 1 heterocycles. The number of barbiturate groups is 1. The highest BCUT2D eigenvalue weighted by atomic mass is 35.5. The van der Waals surface area contributed by atoms with E-state index in [0.29, 0.717) is 5.02 Å². The zero-order valence-corrected chi connectivity index (χ0v) is 20.5. The lowest BCUT2D eigenvalue weighted by molar-refractivity contribution is -0.122. The number of carbonyl (C=O) groups excluding carboxylic acids is 3. The Morgan fingerprint density at radius 2 is 1.54 bits per heavy atom. The fraction of sp³-hybridized carbons (Fsp3) is 0. The molecule has 4 amide bonds. The first-order valence-corrected chi connectivity index (χ1v) is 12.3. The van der Waals surface area contributed by atoms with Gasteiger partial charge in [0.05, 0.1) is 15.7 Å². The van der Waals surface area contributed by atoms with Gasteiger partial charge in [-0.25, -0.2) is 9.69 Å². The Bertz CT molecular complexity index is 1500. The summed E-state index contributed by atoms with van der Waals surface area (Å²) in [6.45, 7) is 0. The van der Waals surface area contributed by atoms with Gasteiger partial charge in [-0.1, -0.05) is 53.0 Å². The molecule has 1 N–H and O–H groups in total. The number of nitrogens with zero attached hydrogens (tertiary/aromatic N) is 1. The van der Waals surface area contributed by atoms with E-state index in [9.17, 15) is 22.8 Å². The van der Waals surface area contributed by atoms with Crippen molar-refractivity contribution in [2.24, 2.45) is 0 Å². The highest BCUT2D eigenvalue weighted by Crippen LogP contribution is 2.31. The van der Waals surface area contributed by atoms with E-state index in [1.165, 1.54) is 60.7 Å². The molecule has 3 aromatic carbocycles. The molecule has 12 heteroatoms. The third kappa shape index (κ3) is 5.18. The van der Waals surface area contributed by atoms with E-state index in [1.54, 1.807) is 12.1 Å². The summed E-state index contributed by atoms with van der Waals surface area (Å²) in [7, 11) is -4.19. The van der Waals surface area contributed by atoms with E-state index < -0.39 is 28.0 Å². The lowest BCUT2D eigenvalue weighted by atomic mass is 10.1. The number of amides is 4. The van der Waals surface area contributed by atoms with Crippen molar-refractivity contribution in [3.8, 4) is 5.75 Å². The molecule has 0 atom stereocenters. The molecule has 0 spiro atoms. The summed E-state index contributed by atoms with van der Waals surface area (Å²) >= 11 is 18.1. The number of imide groups is 2. The number of rotatable bonds is 5. The van der Waals surface area contributed by atoms with Gasteiger partial charge in [-0.15, -0.1) is 0 Å². The van der Waals surface area contributed by atoms with Crippen molar-refractivity contribution >= 4 is 74.5 Å². The number of nitrogens with one attached hydrogen (secondary N) is 1. The molecular formula is C23H13Cl3N2O6S. The van der Waals surface area contributed by atoms with Gasteiger partial charge in [0.1, 0.15) is 10.5 Å². The van der Waals surface area contributed by atoms with Gasteiger partial charge < -0.3 is 4.18 Å². The van der Waals surface area contributed by atoms with E-state index in [1.807, 2.05) is 0 Å². The molecule has 4 rings (SSSR count). The number of para-hydroxylation sites is 1. The molecule has 0 aliphatic carbocycles. The molecular weight excluding hydrogens is 539 g/mol. The van der Waals surface area contributed by atoms with E-state index in [4.69, 9.17) is 39.0 Å². The molecule has 0 radical (unpaired) electrons. The van der Waals surface area contributed by atoms with Crippen LogP contribution in [0.3, 0.4) is 0 Å². The third-order valence-electron chi connectivity index (χ3n) is 4.76. The van der Waals surface area contributed by atoms with Gasteiger partial charge in [-0.2, -0.15) is 8.42 Å². The van der Waals surface area contributed by atoms with Crippen molar-refractivity contribution in [1.29, 1.82) is 0 Å². The summed E-state index contributed by atoms with van der Waals surface area (Å²) in [5.74, 6) is -1.98. The van der Waals surface area contributed by atoms with E-state index in [2.05, 4.69) is 5.32 Å². The number of hydrogen-bond donors (Lipinski definition) is 1. The smallest absolute Gasteiger partial charge is 0.339 e. The third-order valence-corrected chi connectivity index (χ3v) is 6.88. The lowest BCUT2D eigenvalue weighted by Gasteiger charge is -2.27. The van der Waals surface area contributed by atoms with Crippen LogP contribution in [0.1, 0.15) is 5.56 Å². The van der Waals surface area contributed by atoms with Crippen LogP contribution in [-0.4, -0.2) is 26.3 Å². The number of anilines is 1. The highest BCUT2D eigenvalue weighted by Gasteiger charge is 2.37. The van der Waals surface area contributed by atoms with Crippen LogP contribution >= 0.6 is 34.8 Å². The molecule has 3 aromatic rings. The van der Waals surface area contributed by atoms with Crippen LogP contribution in [0, 0.1) is 0 Å². The maximum Gasteiger partial charge on any atom is 0.339 e. The Kier molecular flexibility index (Phi) is 6.86. The highest BCUT2D eigenvalue weighted by molar-refractivity contribution is 7.87. The predicted octanol–water partition coefficient (Wildman–Crippen LogP) is 5.08. The van der Waals surface area contributed by atoms with Crippen molar-refractivity contribution in [3.05, 3.63) is 92.9 Å². The average molecular weight is 552 g/mol. The zero-order valence-electron chi connectivity index (χ0n) is 17.4. The maximum absolute atomic E-state index is 13.0. The minimum Gasteiger partial charge on any atom is -0.377 e. The Morgan fingerprint density at radius 3 is 2.20 bits per heavy atom. The Morgan fingerprint density at radius 1 is 0.857 bits per heavy atom. The number of urea groups is 1. The molecule has 0 bridgehead atoms. The summed E-state index contributed by atoms with van der Waals surface area (Å²) < 4.78 is 30.1. The van der Waals surface area contributed by atoms with Crippen LogP contribution < -0.4 is 14.4 Å². The SMILES string of the molecule is O=C1NC(=O)N(c2ccccc2Cl)C(=O)/C1=C/c1ccc(OS(=O)(=O)c2ccc(Cl)cc2)c(Cl)c1. The quantitative estimate of drug-likeness (QED) is 0.269. The van der Waals surface area contributed by atoms with Crippen LogP contribution in [0.2, 0.25) is 15.1 Å². The first-order chi connectivity index (χ1) is 16.6. The van der Waals surface area contributed by atoms with Crippen molar-refractivity contribution < 1.29 is 27.0 Å². The van der Waals surface area contributed by atoms with Gasteiger partial charge in [0.25, 0.3) is 11.8 Å². The lowest BCUT2D eigenvalue weighted by Crippen LogP contribution is -2.54. The molecule has 1 aliphatic heterocycles. The Labute approximate surface area is 214 Å². The van der Waals surface area contributed by atoms with Gasteiger partial charge >= 0.3 is 16.1 Å². The van der Waals surface area contributed by atoms with Crippen molar-refractivity contribution in [3.63, 3.8) is 0 Å². The van der Waals surface area contributed by atoms with Crippen molar-refractivity contribution in [2.45, 2.75) is 4.90 Å².